The van der Waals surface area contributed by atoms with Crippen LogP contribution in [-0.4, -0.2) is 35.8 Å². The first-order valence-corrected chi connectivity index (χ1v) is 6.31. The van der Waals surface area contributed by atoms with Crippen LogP contribution < -0.4 is 4.90 Å². The molecule has 1 aromatic rings. The van der Waals surface area contributed by atoms with Gasteiger partial charge in [-0.3, -0.25) is 10.1 Å². The lowest BCUT2D eigenvalue weighted by molar-refractivity contribution is -0.384. The third kappa shape index (κ3) is 2.85. The molecule has 1 aromatic carbocycles. The van der Waals surface area contributed by atoms with E-state index in [0.29, 0.717) is 31.0 Å². The van der Waals surface area contributed by atoms with E-state index < -0.39 is 11.0 Å². The van der Waals surface area contributed by atoms with Crippen molar-refractivity contribution in [3.63, 3.8) is 0 Å². The maximum Gasteiger partial charge on any atom is 0.292 e. The molecule has 0 amide bonds. The van der Waals surface area contributed by atoms with E-state index in [4.69, 9.17) is 4.74 Å². The molecule has 1 fully saturated rings. The molecule has 0 spiro atoms. The molecule has 2 rings (SSSR count). The monoisotopic (exact) mass is 266 g/mol. The number of benzene rings is 1. The normalized spacial score (nSPS) is 21.2. The SMILES string of the molecule is CC1COCCN1c1ccc([C@H](C)O)cc1[N+](=O)[O-]. The molecule has 0 bridgehead atoms. The van der Waals surface area contributed by atoms with Gasteiger partial charge in [0.25, 0.3) is 5.69 Å². The second-order valence-corrected chi connectivity index (χ2v) is 4.80. The summed E-state index contributed by atoms with van der Waals surface area (Å²) < 4.78 is 5.34. The average Bonchev–Trinajstić information content (AvgIpc) is 2.38. The van der Waals surface area contributed by atoms with Crippen LogP contribution in [-0.2, 0) is 4.74 Å². The lowest BCUT2D eigenvalue weighted by Gasteiger charge is -2.34. The molecule has 1 saturated heterocycles. The highest BCUT2D eigenvalue weighted by atomic mass is 16.6. The van der Waals surface area contributed by atoms with Crippen LogP contribution in [0.25, 0.3) is 0 Å². The molecule has 0 radical (unpaired) electrons. The van der Waals surface area contributed by atoms with Crippen LogP contribution in [0.15, 0.2) is 18.2 Å². The van der Waals surface area contributed by atoms with Crippen LogP contribution in [0.5, 0.6) is 0 Å². The van der Waals surface area contributed by atoms with E-state index in [1.807, 2.05) is 11.8 Å². The summed E-state index contributed by atoms with van der Waals surface area (Å²) in [6.45, 7) is 5.34. The molecule has 19 heavy (non-hydrogen) atoms. The number of nitrogens with zero attached hydrogens (tertiary/aromatic N) is 2. The van der Waals surface area contributed by atoms with Crippen LogP contribution in [0, 0.1) is 10.1 Å². The number of aliphatic hydroxyl groups is 1. The first-order chi connectivity index (χ1) is 9.00. The molecule has 1 aliphatic heterocycles. The number of ether oxygens (including phenoxy) is 1. The Morgan fingerprint density at radius 2 is 2.32 bits per heavy atom. The maximum atomic E-state index is 11.2. The average molecular weight is 266 g/mol. The fraction of sp³-hybridized carbons (Fsp3) is 0.538. The van der Waals surface area contributed by atoms with Gasteiger partial charge in [-0.05, 0) is 25.5 Å². The minimum atomic E-state index is -0.713. The molecule has 1 aliphatic rings. The quantitative estimate of drug-likeness (QED) is 0.667. The van der Waals surface area contributed by atoms with Crippen molar-refractivity contribution in [2.45, 2.75) is 26.0 Å². The molecule has 1 heterocycles. The summed E-state index contributed by atoms with van der Waals surface area (Å²) in [5.41, 5.74) is 1.17. The predicted octanol–water partition coefficient (Wildman–Crippen LogP) is 1.87. The van der Waals surface area contributed by atoms with Crippen LogP contribution >= 0.6 is 0 Å². The Balaban J connectivity index is 2.41. The third-order valence-electron chi connectivity index (χ3n) is 3.36. The smallest absolute Gasteiger partial charge is 0.292 e. The largest absolute Gasteiger partial charge is 0.389 e. The van der Waals surface area contributed by atoms with Gasteiger partial charge in [0.05, 0.1) is 24.2 Å². The highest BCUT2D eigenvalue weighted by Gasteiger charge is 2.26. The molecular weight excluding hydrogens is 248 g/mol. The summed E-state index contributed by atoms with van der Waals surface area (Å²) in [6, 6.07) is 4.99. The van der Waals surface area contributed by atoms with Crippen molar-refractivity contribution in [1.82, 2.24) is 0 Å². The standard InChI is InChI=1S/C13H18N2O4/c1-9-8-19-6-5-14(9)12-4-3-11(10(2)16)7-13(12)15(17)18/h3-4,7,9-10,16H,5-6,8H2,1-2H3/t9?,10-/m0/s1. The van der Waals surface area contributed by atoms with Gasteiger partial charge in [-0.15, -0.1) is 0 Å². The number of aliphatic hydroxyl groups excluding tert-OH is 1. The number of nitro groups is 1. The second kappa shape index (κ2) is 5.54. The zero-order valence-corrected chi connectivity index (χ0v) is 11.1. The zero-order chi connectivity index (χ0) is 14.0. The van der Waals surface area contributed by atoms with Crippen molar-refractivity contribution in [2.75, 3.05) is 24.7 Å². The highest BCUT2D eigenvalue weighted by Crippen LogP contribution is 2.33. The van der Waals surface area contributed by atoms with Crippen molar-refractivity contribution >= 4 is 11.4 Å². The Morgan fingerprint density at radius 3 is 2.89 bits per heavy atom. The molecule has 2 atom stereocenters. The highest BCUT2D eigenvalue weighted by molar-refractivity contribution is 5.65. The number of hydrogen-bond acceptors (Lipinski definition) is 5. The van der Waals surface area contributed by atoms with E-state index in [-0.39, 0.29) is 11.7 Å². The Hall–Kier alpha value is -1.66. The van der Waals surface area contributed by atoms with Crippen LogP contribution in [0.1, 0.15) is 25.5 Å². The van der Waals surface area contributed by atoms with Crippen molar-refractivity contribution in [3.05, 3.63) is 33.9 Å². The van der Waals surface area contributed by atoms with E-state index in [9.17, 15) is 15.2 Å². The number of nitro benzene ring substituents is 1. The van der Waals surface area contributed by atoms with E-state index in [1.54, 1.807) is 19.1 Å². The Morgan fingerprint density at radius 1 is 1.58 bits per heavy atom. The lowest BCUT2D eigenvalue weighted by Crippen LogP contribution is -2.44. The molecule has 0 aromatic heterocycles. The molecule has 6 heteroatoms. The van der Waals surface area contributed by atoms with Gasteiger partial charge >= 0.3 is 0 Å². The number of anilines is 1. The van der Waals surface area contributed by atoms with Gasteiger partial charge < -0.3 is 14.7 Å². The number of rotatable bonds is 3. The van der Waals surface area contributed by atoms with Crippen LogP contribution in [0.3, 0.4) is 0 Å². The Labute approximate surface area is 111 Å². The molecule has 104 valence electrons. The minimum absolute atomic E-state index is 0.0344. The summed E-state index contributed by atoms with van der Waals surface area (Å²) in [4.78, 5) is 12.8. The maximum absolute atomic E-state index is 11.2. The van der Waals surface area contributed by atoms with Crippen molar-refractivity contribution < 1.29 is 14.8 Å². The van der Waals surface area contributed by atoms with Gasteiger partial charge in [0.2, 0.25) is 0 Å². The van der Waals surface area contributed by atoms with Gasteiger partial charge in [-0.2, -0.15) is 0 Å². The summed E-state index contributed by atoms with van der Waals surface area (Å²) in [7, 11) is 0. The van der Waals surface area contributed by atoms with E-state index >= 15 is 0 Å². The Bertz CT molecular complexity index is 476. The van der Waals surface area contributed by atoms with Gasteiger partial charge in [0.1, 0.15) is 5.69 Å². The van der Waals surface area contributed by atoms with Crippen LogP contribution in [0.2, 0.25) is 0 Å². The minimum Gasteiger partial charge on any atom is -0.389 e. The van der Waals surface area contributed by atoms with Crippen LogP contribution in [0.4, 0.5) is 11.4 Å². The lowest BCUT2D eigenvalue weighted by atomic mass is 10.1. The second-order valence-electron chi connectivity index (χ2n) is 4.80. The third-order valence-corrected chi connectivity index (χ3v) is 3.36. The fourth-order valence-electron chi connectivity index (χ4n) is 2.27. The van der Waals surface area contributed by atoms with E-state index in [0.717, 1.165) is 0 Å². The molecule has 0 aliphatic carbocycles. The van der Waals surface area contributed by atoms with Crippen molar-refractivity contribution in [3.8, 4) is 0 Å². The van der Waals surface area contributed by atoms with Gasteiger partial charge in [-0.1, -0.05) is 6.07 Å². The number of hydrogen-bond donors (Lipinski definition) is 1. The van der Waals surface area contributed by atoms with E-state index in [2.05, 4.69) is 0 Å². The first-order valence-electron chi connectivity index (χ1n) is 6.31. The summed E-state index contributed by atoms with van der Waals surface area (Å²) in [5.74, 6) is 0. The summed E-state index contributed by atoms with van der Waals surface area (Å²) >= 11 is 0. The van der Waals surface area contributed by atoms with E-state index in [1.165, 1.54) is 6.07 Å². The molecule has 1 unspecified atom stereocenters. The number of morpholine rings is 1. The van der Waals surface area contributed by atoms with Crippen molar-refractivity contribution in [1.29, 1.82) is 0 Å². The topological polar surface area (TPSA) is 75.8 Å². The van der Waals surface area contributed by atoms with Gasteiger partial charge in [-0.25, -0.2) is 0 Å². The van der Waals surface area contributed by atoms with Gasteiger partial charge in [0, 0.05) is 18.7 Å². The molecular formula is C13H18N2O4. The summed E-state index contributed by atoms with van der Waals surface area (Å²) in [6.07, 6.45) is -0.713. The molecule has 6 nitrogen and oxygen atoms in total. The fourth-order valence-corrected chi connectivity index (χ4v) is 2.27. The Kier molecular flexibility index (Phi) is 4.01. The predicted molar refractivity (Wildman–Crippen MR) is 71.4 cm³/mol. The molecule has 0 saturated carbocycles. The van der Waals surface area contributed by atoms with Gasteiger partial charge in [0.15, 0.2) is 0 Å². The molecule has 1 N–H and O–H groups in total. The van der Waals surface area contributed by atoms with Crippen molar-refractivity contribution in [2.24, 2.45) is 0 Å². The zero-order valence-electron chi connectivity index (χ0n) is 11.1. The first kappa shape index (κ1) is 13.8. The summed E-state index contributed by atoms with van der Waals surface area (Å²) in [5, 5.41) is 20.7.